The maximum absolute atomic E-state index is 13.0. The fraction of sp³-hybridized carbons (Fsp3) is 0.486. The molecule has 0 amide bonds. The van der Waals surface area contributed by atoms with E-state index in [-0.39, 0.29) is 29.1 Å². The Labute approximate surface area is 257 Å². The van der Waals surface area contributed by atoms with Crippen LogP contribution in [0.2, 0.25) is 0 Å². The van der Waals surface area contributed by atoms with E-state index < -0.39 is 0 Å². The molecule has 3 aliphatic rings. The Bertz CT molecular complexity index is 1710. The molecule has 7 nitrogen and oxygen atoms in total. The summed E-state index contributed by atoms with van der Waals surface area (Å²) in [5.41, 5.74) is 1.68. The van der Waals surface area contributed by atoms with Gasteiger partial charge >= 0.3 is 5.97 Å². The number of thiophene rings is 1. The van der Waals surface area contributed by atoms with Gasteiger partial charge in [0.2, 0.25) is 0 Å². The van der Waals surface area contributed by atoms with Crippen molar-refractivity contribution in [2.24, 2.45) is 16.7 Å². The van der Waals surface area contributed by atoms with Crippen molar-refractivity contribution < 1.29 is 14.3 Å². The first-order valence-corrected chi connectivity index (χ1v) is 16.7. The van der Waals surface area contributed by atoms with Crippen LogP contribution in [0.1, 0.15) is 46.0 Å². The number of aromatic nitrogens is 1. The van der Waals surface area contributed by atoms with E-state index >= 15 is 0 Å². The minimum Gasteiger partial charge on any atom is -0.494 e. The van der Waals surface area contributed by atoms with Crippen molar-refractivity contribution in [1.82, 2.24) is 9.47 Å². The summed E-state index contributed by atoms with van der Waals surface area (Å²) in [6.07, 6.45) is 5.32. The number of hydrogen-bond donors (Lipinski definition) is 0. The fourth-order valence-electron chi connectivity index (χ4n) is 7.65. The molecule has 3 unspecified atom stereocenters. The van der Waals surface area contributed by atoms with Crippen molar-refractivity contribution in [1.29, 1.82) is 0 Å². The van der Waals surface area contributed by atoms with Crippen LogP contribution in [0.25, 0.3) is 21.0 Å². The average Bonchev–Trinajstić information content (AvgIpc) is 3.78. The Morgan fingerprint density at radius 1 is 1.05 bits per heavy atom. The monoisotopic (exact) mass is 599 g/mol. The number of ether oxygens (including phenoxy) is 2. The largest absolute Gasteiger partial charge is 0.494 e. The van der Waals surface area contributed by atoms with Crippen LogP contribution in [0.3, 0.4) is 0 Å². The van der Waals surface area contributed by atoms with Crippen molar-refractivity contribution >= 4 is 44.0 Å². The Kier molecular flexibility index (Phi) is 7.46. The van der Waals surface area contributed by atoms with Crippen molar-refractivity contribution in [2.75, 3.05) is 44.2 Å². The van der Waals surface area contributed by atoms with Crippen molar-refractivity contribution in [3.05, 3.63) is 70.3 Å². The van der Waals surface area contributed by atoms with Gasteiger partial charge in [-0.2, -0.15) is 0 Å². The van der Waals surface area contributed by atoms with E-state index in [0.29, 0.717) is 12.5 Å². The molecule has 2 aromatic heterocycles. The van der Waals surface area contributed by atoms with Gasteiger partial charge < -0.3 is 14.4 Å². The number of carbonyl (C=O) groups is 1. The fourth-order valence-corrected chi connectivity index (χ4v) is 8.46. The van der Waals surface area contributed by atoms with Gasteiger partial charge in [-0.05, 0) is 97.6 Å². The number of piperazine rings is 1. The molecule has 3 fully saturated rings. The van der Waals surface area contributed by atoms with Crippen LogP contribution < -0.4 is 15.2 Å². The molecule has 1 saturated heterocycles. The molecule has 0 spiro atoms. The van der Waals surface area contributed by atoms with Gasteiger partial charge in [0.25, 0.3) is 5.56 Å². The lowest BCUT2D eigenvalue weighted by Crippen LogP contribution is -2.46. The number of hydrogen-bond acceptors (Lipinski definition) is 7. The summed E-state index contributed by atoms with van der Waals surface area (Å²) in [6, 6.07) is 18.0. The van der Waals surface area contributed by atoms with E-state index in [0.717, 1.165) is 81.5 Å². The number of anilines is 1. The van der Waals surface area contributed by atoms with Crippen LogP contribution in [0.5, 0.6) is 5.75 Å². The minimum absolute atomic E-state index is 0.0708. The first-order valence-electron chi connectivity index (χ1n) is 15.8. The van der Waals surface area contributed by atoms with E-state index in [1.807, 2.05) is 42.5 Å². The minimum atomic E-state index is -0.377. The van der Waals surface area contributed by atoms with Crippen molar-refractivity contribution in [2.45, 2.75) is 52.7 Å². The Morgan fingerprint density at radius 2 is 1.88 bits per heavy atom. The second-order valence-electron chi connectivity index (χ2n) is 12.7. The Morgan fingerprint density at radius 3 is 2.70 bits per heavy atom. The van der Waals surface area contributed by atoms with Gasteiger partial charge in [0.15, 0.2) is 6.73 Å². The van der Waals surface area contributed by atoms with Gasteiger partial charge in [-0.1, -0.05) is 19.4 Å². The third kappa shape index (κ3) is 5.02. The molecular weight excluding hydrogens is 558 g/mol. The quantitative estimate of drug-likeness (QED) is 0.136. The second-order valence-corrected chi connectivity index (χ2v) is 13.7. The first kappa shape index (κ1) is 28.4. The van der Waals surface area contributed by atoms with Crippen molar-refractivity contribution in [3.63, 3.8) is 0 Å². The number of benzene rings is 2. The van der Waals surface area contributed by atoms with Crippen LogP contribution in [-0.2, 0) is 16.3 Å². The van der Waals surface area contributed by atoms with E-state index in [1.54, 1.807) is 4.57 Å². The molecule has 1 aliphatic heterocycles. The molecule has 3 heterocycles. The van der Waals surface area contributed by atoms with Gasteiger partial charge in [-0.3, -0.25) is 19.1 Å². The second kappa shape index (κ2) is 11.3. The molecule has 226 valence electrons. The summed E-state index contributed by atoms with van der Waals surface area (Å²) in [4.78, 5) is 30.9. The van der Waals surface area contributed by atoms with Gasteiger partial charge in [-0.25, -0.2) is 0 Å². The van der Waals surface area contributed by atoms with Gasteiger partial charge in [-0.15, -0.1) is 11.3 Å². The molecule has 3 atom stereocenters. The van der Waals surface area contributed by atoms with E-state index in [4.69, 9.17) is 9.47 Å². The molecule has 0 bridgehead atoms. The predicted molar refractivity (Wildman–Crippen MR) is 173 cm³/mol. The first-order chi connectivity index (χ1) is 20.9. The van der Waals surface area contributed by atoms with E-state index in [2.05, 4.69) is 46.4 Å². The van der Waals surface area contributed by atoms with Gasteiger partial charge in [0.1, 0.15) is 5.75 Å². The average molecular weight is 600 g/mol. The maximum Gasteiger partial charge on any atom is 0.314 e. The lowest BCUT2D eigenvalue weighted by Gasteiger charge is -2.36. The molecule has 2 aliphatic carbocycles. The summed E-state index contributed by atoms with van der Waals surface area (Å²) in [6.45, 7) is 10.1. The molecular formula is C35H41N3O4S. The van der Waals surface area contributed by atoms with Crippen molar-refractivity contribution in [3.8, 4) is 5.75 Å². The normalized spacial score (nSPS) is 24.7. The van der Waals surface area contributed by atoms with Crippen LogP contribution in [0.15, 0.2) is 64.8 Å². The highest BCUT2D eigenvalue weighted by atomic mass is 32.1. The highest BCUT2D eigenvalue weighted by molar-refractivity contribution is 7.17. The Hall–Kier alpha value is -3.36. The third-order valence-corrected chi connectivity index (χ3v) is 11.3. The zero-order valence-electron chi connectivity index (χ0n) is 25.2. The highest BCUT2D eigenvalue weighted by Gasteiger charge is 2.89. The van der Waals surface area contributed by atoms with E-state index in [9.17, 15) is 9.59 Å². The lowest BCUT2D eigenvalue weighted by molar-refractivity contribution is -0.157. The number of fused-ring (bicyclic) bond motifs is 3. The molecule has 2 aromatic carbocycles. The summed E-state index contributed by atoms with van der Waals surface area (Å²) < 4.78 is 14.8. The number of unbranched alkanes of at least 4 members (excludes halogenated alkanes) is 1. The zero-order valence-corrected chi connectivity index (χ0v) is 26.0. The molecule has 0 N–H and O–H groups in total. The van der Waals surface area contributed by atoms with E-state index in [1.165, 1.54) is 21.8 Å². The third-order valence-electron chi connectivity index (χ3n) is 10.5. The number of pyridine rings is 1. The molecule has 0 radical (unpaired) electrons. The molecule has 8 heteroatoms. The number of nitrogens with zero attached hydrogens (tertiary/aromatic N) is 3. The SMILES string of the molecule is CCCC12CC1C2(C)C(=O)OCn1c(=O)ccc2ccc(OCCCCN3CCN(c4cccc5sccc45)CC3)cc21. The lowest BCUT2D eigenvalue weighted by atomic mass is 9.87. The highest BCUT2D eigenvalue weighted by Crippen LogP contribution is 2.89. The van der Waals surface area contributed by atoms with Gasteiger partial charge in [0.05, 0.1) is 17.5 Å². The summed E-state index contributed by atoms with van der Waals surface area (Å²) in [7, 11) is 0. The Balaban J connectivity index is 0.889. The summed E-state index contributed by atoms with van der Waals surface area (Å²) in [5, 5.41) is 4.47. The van der Waals surface area contributed by atoms with Crippen LogP contribution in [-0.4, -0.2) is 54.8 Å². The molecule has 43 heavy (non-hydrogen) atoms. The smallest absolute Gasteiger partial charge is 0.314 e. The predicted octanol–water partition coefficient (Wildman–Crippen LogP) is 6.52. The number of esters is 1. The van der Waals surface area contributed by atoms with Crippen LogP contribution in [0, 0.1) is 16.7 Å². The summed E-state index contributed by atoms with van der Waals surface area (Å²) >= 11 is 1.81. The number of carbonyl (C=O) groups excluding carboxylic acids is 1. The standard InChI is InChI=1S/C35H41N3O4S/c1-3-14-35-23-31(35)34(35,2)33(40)42-24-38-29-22-26(11-9-25(29)10-12-32(38)39)41-20-5-4-15-36-16-18-37(19-17-36)28-7-6-8-30-27(28)13-21-43-30/h6-13,21-22,31H,3-5,14-20,23-24H2,1-2H3. The van der Waals surface area contributed by atoms with Crippen LogP contribution >= 0.6 is 11.3 Å². The van der Waals surface area contributed by atoms with Gasteiger partial charge in [0, 0.05) is 54.1 Å². The molecule has 2 saturated carbocycles. The zero-order chi connectivity index (χ0) is 29.6. The van der Waals surface area contributed by atoms with Crippen LogP contribution in [0.4, 0.5) is 5.69 Å². The molecule has 4 aromatic rings. The maximum atomic E-state index is 13.0. The summed E-state index contributed by atoms with van der Waals surface area (Å²) in [5.74, 6) is 1.01. The topological polar surface area (TPSA) is 64.0 Å². The molecule has 7 rings (SSSR count). The number of rotatable bonds is 12.